The van der Waals surface area contributed by atoms with Crippen molar-refractivity contribution in [1.29, 1.82) is 0 Å². The van der Waals surface area contributed by atoms with Crippen LogP contribution in [0.4, 0.5) is 0 Å². The number of nitrogens with one attached hydrogen (secondary N) is 1. The largest absolute Gasteiger partial charge is 0.290 e. The van der Waals surface area contributed by atoms with E-state index in [1.54, 1.807) is 6.07 Å². The predicted octanol–water partition coefficient (Wildman–Crippen LogP) is 2.52. The van der Waals surface area contributed by atoms with Crippen molar-refractivity contribution >= 4 is 5.91 Å². The van der Waals surface area contributed by atoms with Crippen LogP contribution in [0.2, 0.25) is 0 Å². The van der Waals surface area contributed by atoms with Gasteiger partial charge in [0.15, 0.2) is 0 Å². The van der Waals surface area contributed by atoms with Crippen molar-refractivity contribution in [2.45, 2.75) is 13.3 Å². The summed E-state index contributed by atoms with van der Waals surface area (Å²) in [6, 6.07) is 15.6. The van der Waals surface area contributed by atoms with Gasteiger partial charge in [-0.2, -0.15) is 0 Å². The molecular weight excluding hydrogens is 224 g/mol. The molecule has 0 bridgehead atoms. The summed E-state index contributed by atoms with van der Waals surface area (Å²) in [5.41, 5.74) is 5.95. The molecule has 2 rings (SSSR count). The Morgan fingerprint density at radius 2 is 1.78 bits per heavy atom. The van der Waals surface area contributed by atoms with E-state index in [1.165, 1.54) is 5.56 Å². The minimum atomic E-state index is -0.273. The van der Waals surface area contributed by atoms with Crippen molar-refractivity contribution in [1.82, 2.24) is 5.43 Å². The average Bonchev–Trinajstić information content (AvgIpc) is 2.46. The molecule has 2 aromatic rings. The lowest BCUT2D eigenvalue weighted by Gasteiger charge is -2.08. The Morgan fingerprint density at radius 3 is 2.39 bits per heavy atom. The van der Waals surface area contributed by atoms with Gasteiger partial charge in [0.25, 0.3) is 5.91 Å². The highest BCUT2D eigenvalue weighted by atomic mass is 16.2. The first-order valence-corrected chi connectivity index (χ1v) is 5.95. The van der Waals surface area contributed by atoms with Crippen LogP contribution in [0.1, 0.15) is 22.8 Å². The average molecular weight is 240 g/mol. The van der Waals surface area contributed by atoms with Gasteiger partial charge >= 0.3 is 0 Å². The van der Waals surface area contributed by atoms with Gasteiger partial charge in [0.05, 0.1) is 0 Å². The van der Waals surface area contributed by atoms with E-state index in [9.17, 15) is 4.79 Å². The number of rotatable bonds is 3. The van der Waals surface area contributed by atoms with Gasteiger partial charge in [-0.15, -0.1) is 0 Å². The summed E-state index contributed by atoms with van der Waals surface area (Å²) >= 11 is 0. The summed E-state index contributed by atoms with van der Waals surface area (Å²) < 4.78 is 0. The third-order valence-electron chi connectivity index (χ3n) is 2.98. The molecule has 0 aromatic heterocycles. The van der Waals surface area contributed by atoms with Crippen LogP contribution >= 0.6 is 0 Å². The molecule has 0 saturated carbocycles. The highest BCUT2D eigenvalue weighted by Crippen LogP contribution is 2.24. The number of hydrogen-bond donors (Lipinski definition) is 2. The summed E-state index contributed by atoms with van der Waals surface area (Å²) in [7, 11) is 0. The standard InChI is InChI=1S/C15H16N2O/c1-2-11-7-9-12(10-8-11)13-5-3-4-6-14(13)15(18)17-16/h3-10H,2,16H2,1H3,(H,17,18). The predicted molar refractivity (Wildman–Crippen MR) is 72.9 cm³/mol. The van der Waals surface area contributed by atoms with Crippen molar-refractivity contribution in [3.63, 3.8) is 0 Å². The first kappa shape index (κ1) is 12.3. The van der Waals surface area contributed by atoms with E-state index in [2.05, 4.69) is 24.5 Å². The van der Waals surface area contributed by atoms with Crippen LogP contribution in [0.5, 0.6) is 0 Å². The van der Waals surface area contributed by atoms with Crippen LogP contribution in [0, 0.1) is 0 Å². The summed E-state index contributed by atoms with van der Waals surface area (Å²) in [5.74, 6) is 4.92. The smallest absolute Gasteiger partial charge is 0.265 e. The lowest BCUT2D eigenvalue weighted by atomic mass is 9.98. The maximum Gasteiger partial charge on any atom is 0.265 e. The molecule has 0 heterocycles. The monoisotopic (exact) mass is 240 g/mol. The van der Waals surface area contributed by atoms with Crippen LogP contribution < -0.4 is 11.3 Å². The Bertz CT molecular complexity index is 547. The van der Waals surface area contributed by atoms with E-state index < -0.39 is 0 Å². The number of amides is 1. The molecule has 18 heavy (non-hydrogen) atoms. The Hall–Kier alpha value is -2.13. The number of hydrazine groups is 1. The van der Waals surface area contributed by atoms with Crippen LogP contribution in [0.25, 0.3) is 11.1 Å². The number of carbonyl (C=O) groups excluding carboxylic acids is 1. The molecular formula is C15H16N2O. The van der Waals surface area contributed by atoms with E-state index in [0.29, 0.717) is 5.56 Å². The highest BCUT2D eigenvalue weighted by Gasteiger charge is 2.10. The third-order valence-corrected chi connectivity index (χ3v) is 2.98. The van der Waals surface area contributed by atoms with E-state index in [-0.39, 0.29) is 5.91 Å². The fourth-order valence-electron chi connectivity index (χ4n) is 1.93. The number of nitrogen functional groups attached to an aromatic ring is 1. The van der Waals surface area contributed by atoms with Crippen molar-refractivity contribution in [2.75, 3.05) is 0 Å². The van der Waals surface area contributed by atoms with Gasteiger partial charge in [0.1, 0.15) is 0 Å². The maximum absolute atomic E-state index is 11.7. The molecule has 0 atom stereocenters. The van der Waals surface area contributed by atoms with Gasteiger partial charge in [-0.05, 0) is 29.2 Å². The molecule has 2 aromatic carbocycles. The summed E-state index contributed by atoms with van der Waals surface area (Å²) in [5, 5.41) is 0. The second kappa shape index (κ2) is 5.47. The second-order valence-corrected chi connectivity index (χ2v) is 4.07. The first-order valence-electron chi connectivity index (χ1n) is 5.95. The number of carbonyl (C=O) groups is 1. The van der Waals surface area contributed by atoms with Gasteiger partial charge in [0.2, 0.25) is 0 Å². The normalized spacial score (nSPS) is 10.1. The maximum atomic E-state index is 11.7. The lowest BCUT2D eigenvalue weighted by Crippen LogP contribution is -2.30. The summed E-state index contributed by atoms with van der Waals surface area (Å²) in [6.45, 7) is 2.12. The third kappa shape index (κ3) is 2.41. The van der Waals surface area contributed by atoms with Gasteiger partial charge in [0, 0.05) is 5.56 Å². The molecule has 0 aliphatic carbocycles. The van der Waals surface area contributed by atoms with Gasteiger partial charge < -0.3 is 0 Å². The Morgan fingerprint density at radius 1 is 1.11 bits per heavy atom. The Balaban J connectivity index is 2.46. The molecule has 92 valence electrons. The van der Waals surface area contributed by atoms with E-state index in [0.717, 1.165) is 17.5 Å². The lowest BCUT2D eigenvalue weighted by molar-refractivity contribution is 0.0954. The molecule has 0 unspecified atom stereocenters. The van der Waals surface area contributed by atoms with Gasteiger partial charge in [-0.25, -0.2) is 5.84 Å². The topological polar surface area (TPSA) is 55.1 Å². The van der Waals surface area contributed by atoms with E-state index in [1.807, 2.05) is 30.3 Å². The molecule has 0 spiro atoms. The van der Waals surface area contributed by atoms with Gasteiger partial charge in [-0.3, -0.25) is 10.2 Å². The molecule has 3 N–H and O–H groups in total. The zero-order chi connectivity index (χ0) is 13.0. The number of benzene rings is 2. The number of nitrogens with two attached hydrogens (primary N) is 1. The molecule has 0 aliphatic rings. The fraction of sp³-hybridized carbons (Fsp3) is 0.133. The Labute approximate surface area is 107 Å². The second-order valence-electron chi connectivity index (χ2n) is 4.07. The molecule has 3 heteroatoms. The van der Waals surface area contributed by atoms with E-state index >= 15 is 0 Å². The molecule has 0 fully saturated rings. The Kier molecular flexibility index (Phi) is 3.75. The van der Waals surface area contributed by atoms with Gasteiger partial charge in [-0.1, -0.05) is 49.4 Å². The van der Waals surface area contributed by atoms with Crippen LogP contribution in [0.3, 0.4) is 0 Å². The molecule has 1 amide bonds. The highest BCUT2D eigenvalue weighted by molar-refractivity contribution is 6.00. The van der Waals surface area contributed by atoms with Crippen molar-refractivity contribution in [3.8, 4) is 11.1 Å². The molecule has 0 aliphatic heterocycles. The minimum Gasteiger partial charge on any atom is -0.290 e. The van der Waals surface area contributed by atoms with Crippen LogP contribution in [-0.2, 0) is 6.42 Å². The van der Waals surface area contributed by atoms with Crippen molar-refractivity contribution < 1.29 is 4.79 Å². The zero-order valence-corrected chi connectivity index (χ0v) is 10.3. The molecule has 3 nitrogen and oxygen atoms in total. The summed E-state index contributed by atoms with van der Waals surface area (Å²) in [6.07, 6.45) is 1.01. The fourth-order valence-corrected chi connectivity index (χ4v) is 1.93. The van der Waals surface area contributed by atoms with Crippen LogP contribution in [0.15, 0.2) is 48.5 Å². The van der Waals surface area contributed by atoms with Crippen molar-refractivity contribution in [3.05, 3.63) is 59.7 Å². The van der Waals surface area contributed by atoms with E-state index in [4.69, 9.17) is 5.84 Å². The molecule has 0 radical (unpaired) electrons. The van der Waals surface area contributed by atoms with Crippen LogP contribution in [-0.4, -0.2) is 5.91 Å². The van der Waals surface area contributed by atoms with Crippen molar-refractivity contribution in [2.24, 2.45) is 5.84 Å². The molecule has 0 saturated heterocycles. The quantitative estimate of drug-likeness (QED) is 0.492. The SMILES string of the molecule is CCc1ccc(-c2ccccc2C(=O)NN)cc1. The summed E-state index contributed by atoms with van der Waals surface area (Å²) in [4.78, 5) is 11.7. The number of aryl methyl sites for hydroxylation is 1. The minimum absolute atomic E-state index is 0.273. The first-order chi connectivity index (χ1) is 8.76. The zero-order valence-electron chi connectivity index (χ0n) is 10.3. The number of hydrogen-bond acceptors (Lipinski definition) is 2.